The molecule has 0 bridgehead atoms. The summed E-state index contributed by atoms with van der Waals surface area (Å²) >= 11 is 12.2. The third kappa shape index (κ3) is 4.26. The maximum Gasteiger partial charge on any atom is 0.344 e. The Labute approximate surface area is 165 Å². The molecule has 2 aromatic carbocycles. The van der Waals surface area contributed by atoms with E-state index >= 15 is 0 Å². The highest BCUT2D eigenvalue weighted by atomic mass is 35.5. The minimum absolute atomic E-state index is 0.105. The molecule has 0 aliphatic rings. The van der Waals surface area contributed by atoms with Crippen molar-refractivity contribution in [1.29, 1.82) is 0 Å². The van der Waals surface area contributed by atoms with E-state index in [9.17, 15) is 9.59 Å². The van der Waals surface area contributed by atoms with Crippen LogP contribution >= 0.6 is 23.2 Å². The summed E-state index contributed by atoms with van der Waals surface area (Å²) in [5.74, 6) is -0.549. The van der Waals surface area contributed by atoms with Crippen molar-refractivity contribution in [3.05, 3.63) is 62.7 Å². The zero-order valence-corrected chi connectivity index (χ0v) is 16.0. The Morgan fingerprint density at radius 1 is 1.15 bits per heavy atom. The summed E-state index contributed by atoms with van der Waals surface area (Å²) in [7, 11) is 0. The van der Waals surface area contributed by atoms with Crippen LogP contribution in [0.3, 0.4) is 0 Å². The number of fused-ring (bicyclic) bond motifs is 1. The van der Waals surface area contributed by atoms with Gasteiger partial charge in [0.1, 0.15) is 5.58 Å². The topological polar surface area (TPSA) is 65.7 Å². The number of esters is 1. The fourth-order valence-electron chi connectivity index (χ4n) is 2.50. The van der Waals surface area contributed by atoms with Gasteiger partial charge in [-0.1, -0.05) is 42.3 Å². The van der Waals surface area contributed by atoms with Gasteiger partial charge in [-0.15, -0.1) is 0 Å². The van der Waals surface area contributed by atoms with Gasteiger partial charge < -0.3 is 13.9 Å². The first kappa shape index (κ1) is 19.3. The highest BCUT2D eigenvalue weighted by Gasteiger charge is 2.21. The molecule has 0 spiro atoms. The lowest BCUT2D eigenvalue weighted by Gasteiger charge is -2.12. The zero-order chi connectivity index (χ0) is 19.4. The van der Waals surface area contributed by atoms with Crippen molar-refractivity contribution in [2.24, 2.45) is 0 Å². The molecule has 5 nitrogen and oxygen atoms in total. The van der Waals surface area contributed by atoms with Gasteiger partial charge in [0.25, 0.3) is 0 Å². The van der Waals surface area contributed by atoms with E-state index in [1.54, 1.807) is 36.4 Å². The first-order valence-corrected chi connectivity index (χ1v) is 9.06. The zero-order valence-electron chi connectivity index (χ0n) is 14.5. The molecule has 3 rings (SSSR count). The predicted octanol–water partition coefficient (Wildman–Crippen LogP) is 5.10. The third-order valence-electron chi connectivity index (χ3n) is 3.73. The molecule has 0 saturated heterocycles. The van der Waals surface area contributed by atoms with Crippen LogP contribution < -0.4 is 10.2 Å². The van der Waals surface area contributed by atoms with E-state index in [1.165, 1.54) is 6.07 Å². The van der Waals surface area contributed by atoms with Crippen LogP contribution in [0.2, 0.25) is 10.0 Å². The minimum atomic E-state index is -0.572. The van der Waals surface area contributed by atoms with Gasteiger partial charge in [-0.25, -0.2) is 4.79 Å². The number of para-hydroxylation sites is 1. The largest absolute Gasteiger partial charge is 0.474 e. The van der Waals surface area contributed by atoms with Crippen LogP contribution in [0.4, 0.5) is 0 Å². The maximum absolute atomic E-state index is 12.9. The van der Waals surface area contributed by atoms with Gasteiger partial charge in [-0.2, -0.15) is 0 Å². The van der Waals surface area contributed by atoms with Crippen molar-refractivity contribution in [3.63, 3.8) is 0 Å². The molecule has 0 fully saturated rings. The molecular formula is C20H16Cl2O5. The van der Waals surface area contributed by atoms with E-state index in [0.29, 0.717) is 33.0 Å². The molecular weight excluding hydrogens is 391 g/mol. The Bertz CT molecular complexity index is 1040. The van der Waals surface area contributed by atoms with Gasteiger partial charge in [-0.05, 0) is 36.8 Å². The average molecular weight is 407 g/mol. The molecule has 0 aliphatic heterocycles. The van der Waals surface area contributed by atoms with Crippen LogP contribution in [-0.4, -0.2) is 19.2 Å². The normalized spacial score (nSPS) is 10.8. The molecule has 0 amide bonds. The second-order valence-electron chi connectivity index (χ2n) is 5.72. The van der Waals surface area contributed by atoms with Crippen molar-refractivity contribution in [2.75, 3.05) is 13.2 Å². The summed E-state index contributed by atoms with van der Waals surface area (Å²) in [6, 6.07) is 11.5. The van der Waals surface area contributed by atoms with Crippen molar-refractivity contribution in [2.45, 2.75) is 13.3 Å². The molecule has 7 heteroatoms. The molecule has 0 atom stereocenters. The molecule has 140 valence electrons. The molecule has 0 saturated carbocycles. The van der Waals surface area contributed by atoms with E-state index in [2.05, 4.69) is 0 Å². The lowest BCUT2D eigenvalue weighted by atomic mass is 10.1. The molecule has 27 heavy (non-hydrogen) atoms. The highest BCUT2D eigenvalue weighted by molar-refractivity contribution is 6.36. The predicted molar refractivity (Wildman–Crippen MR) is 105 cm³/mol. The second kappa shape index (κ2) is 8.46. The fourth-order valence-corrected chi connectivity index (χ4v) is 2.99. The van der Waals surface area contributed by atoms with Crippen molar-refractivity contribution in [3.8, 4) is 17.1 Å². The Morgan fingerprint density at radius 2 is 1.93 bits per heavy atom. The monoisotopic (exact) mass is 406 g/mol. The molecule has 1 heterocycles. The Balaban J connectivity index is 2.10. The van der Waals surface area contributed by atoms with Crippen molar-refractivity contribution >= 4 is 40.1 Å². The van der Waals surface area contributed by atoms with Gasteiger partial charge in [0.15, 0.2) is 12.4 Å². The lowest BCUT2D eigenvalue weighted by molar-refractivity contribution is -0.146. The highest BCUT2D eigenvalue weighted by Crippen LogP contribution is 2.36. The minimum Gasteiger partial charge on any atom is -0.474 e. The summed E-state index contributed by atoms with van der Waals surface area (Å²) in [5.41, 5.74) is 0.409. The number of halogens is 2. The molecule has 3 aromatic rings. The van der Waals surface area contributed by atoms with Crippen LogP contribution in [0.25, 0.3) is 22.3 Å². The summed E-state index contributed by atoms with van der Waals surface area (Å²) in [6.45, 7) is 1.75. The Morgan fingerprint density at radius 3 is 2.67 bits per heavy atom. The van der Waals surface area contributed by atoms with Crippen molar-refractivity contribution < 1.29 is 18.7 Å². The van der Waals surface area contributed by atoms with Gasteiger partial charge >= 0.3 is 5.97 Å². The molecule has 1 aromatic heterocycles. The van der Waals surface area contributed by atoms with E-state index in [-0.39, 0.29) is 18.1 Å². The third-order valence-corrected chi connectivity index (χ3v) is 4.28. The number of benzene rings is 2. The quantitative estimate of drug-likeness (QED) is 0.532. The first-order valence-electron chi connectivity index (χ1n) is 8.31. The number of carbonyl (C=O) groups excluding carboxylic acids is 1. The number of ether oxygens (including phenoxy) is 2. The molecule has 0 aliphatic carbocycles. The van der Waals surface area contributed by atoms with Crippen LogP contribution in [-0.2, 0) is 9.53 Å². The second-order valence-corrected chi connectivity index (χ2v) is 6.56. The first-order chi connectivity index (χ1) is 13.0. The fraction of sp³-hybridized carbons (Fsp3) is 0.200. The maximum atomic E-state index is 12.9. The smallest absolute Gasteiger partial charge is 0.344 e. The summed E-state index contributed by atoms with van der Waals surface area (Å²) in [4.78, 5) is 24.7. The average Bonchev–Trinajstić information content (AvgIpc) is 2.65. The Kier molecular flexibility index (Phi) is 6.04. The molecule has 0 radical (unpaired) electrons. The van der Waals surface area contributed by atoms with Gasteiger partial charge in [0, 0.05) is 10.6 Å². The van der Waals surface area contributed by atoms with Gasteiger partial charge in [0.05, 0.1) is 17.0 Å². The summed E-state index contributed by atoms with van der Waals surface area (Å²) in [6.07, 6.45) is 0.690. The standard InChI is InChI=1S/C20H16Cl2O5/c1-2-9-25-17(23)11-26-20-18(24)14-5-3-4-6-16(14)27-19(20)13-8-7-12(21)10-15(13)22/h3-8,10H,2,9,11H2,1H3. The SMILES string of the molecule is CCCOC(=O)COc1c(-c2ccc(Cl)cc2Cl)oc2ccccc2c1=O. The molecule has 0 N–H and O–H groups in total. The van der Waals surface area contributed by atoms with E-state index in [4.69, 9.17) is 37.1 Å². The van der Waals surface area contributed by atoms with Crippen LogP contribution in [0.5, 0.6) is 5.75 Å². The van der Waals surface area contributed by atoms with Crippen LogP contribution in [0, 0.1) is 0 Å². The summed E-state index contributed by atoms with van der Waals surface area (Å²) in [5, 5.41) is 1.07. The number of carbonyl (C=O) groups is 1. The van der Waals surface area contributed by atoms with Gasteiger partial charge in [-0.3, -0.25) is 4.79 Å². The van der Waals surface area contributed by atoms with Gasteiger partial charge in [0.2, 0.25) is 11.2 Å². The lowest BCUT2D eigenvalue weighted by Crippen LogP contribution is -2.19. The number of hydrogen-bond acceptors (Lipinski definition) is 5. The number of hydrogen-bond donors (Lipinski definition) is 0. The summed E-state index contributed by atoms with van der Waals surface area (Å²) < 4.78 is 16.4. The van der Waals surface area contributed by atoms with E-state index in [1.807, 2.05) is 6.92 Å². The Hall–Kier alpha value is -2.50. The van der Waals surface area contributed by atoms with Crippen LogP contribution in [0.15, 0.2) is 51.7 Å². The molecule has 0 unspecified atom stereocenters. The van der Waals surface area contributed by atoms with Crippen molar-refractivity contribution in [1.82, 2.24) is 0 Å². The van der Waals surface area contributed by atoms with E-state index < -0.39 is 18.0 Å². The van der Waals surface area contributed by atoms with E-state index in [0.717, 1.165) is 0 Å². The number of rotatable bonds is 6. The van der Waals surface area contributed by atoms with Crippen LogP contribution in [0.1, 0.15) is 13.3 Å².